The van der Waals surface area contributed by atoms with E-state index in [1.807, 2.05) is 13.0 Å². The number of hydrogen-bond donors (Lipinski definition) is 2. The highest BCUT2D eigenvalue weighted by molar-refractivity contribution is 7.91. The summed E-state index contributed by atoms with van der Waals surface area (Å²) in [4.78, 5) is 7.46. The van der Waals surface area contributed by atoms with Crippen LogP contribution >= 0.6 is 0 Å². The van der Waals surface area contributed by atoms with E-state index in [4.69, 9.17) is 0 Å². The number of hydrogen-bond acceptors (Lipinski definition) is 4. The number of rotatable bonds is 9. The van der Waals surface area contributed by atoms with Crippen LogP contribution in [0.5, 0.6) is 0 Å². The zero-order valence-corrected chi connectivity index (χ0v) is 17.5. The monoisotopic (exact) mass is 394 g/mol. The fraction of sp³-hybridized carbons (Fsp3) is 0.650. The van der Waals surface area contributed by atoms with Crippen molar-refractivity contribution >= 4 is 15.8 Å². The van der Waals surface area contributed by atoms with Crippen molar-refractivity contribution < 1.29 is 8.42 Å². The van der Waals surface area contributed by atoms with Gasteiger partial charge in [0.25, 0.3) is 0 Å². The van der Waals surface area contributed by atoms with E-state index in [0.29, 0.717) is 17.4 Å². The van der Waals surface area contributed by atoms with Gasteiger partial charge in [0.05, 0.1) is 10.6 Å². The molecule has 0 aromatic heterocycles. The summed E-state index contributed by atoms with van der Waals surface area (Å²) in [6.45, 7) is 9.64. The minimum atomic E-state index is -3.27. The van der Waals surface area contributed by atoms with Gasteiger partial charge in [-0.15, -0.1) is 0 Å². The average molecular weight is 395 g/mol. The van der Waals surface area contributed by atoms with E-state index < -0.39 is 9.84 Å². The second kappa shape index (κ2) is 11.3. The van der Waals surface area contributed by atoms with E-state index in [-0.39, 0.29) is 5.75 Å². The molecule has 1 aliphatic heterocycles. The van der Waals surface area contributed by atoms with E-state index in [0.717, 1.165) is 32.0 Å². The summed E-state index contributed by atoms with van der Waals surface area (Å²) < 4.78 is 24.6. The maximum Gasteiger partial charge on any atom is 0.191 e. The van der Waals surface area contributed by atoms with Crippen LogP contribution in [0.3, 0.4) is 0 Å². The predicted molar refractivity (Wildman–Crippen MR) is 112 cm³/mol. The van der Waals surface area contributed by atoms with Gasteiger partial charge in [0, 0.05) is 19.6 Å². The number of nitrogens with one attached hydrogen (secondary N) is 2. The molecule has 0 amide bonds. The van der Waals surface area contributed by atoms with Gasteiger partial charge in [0.15, 0.2) is 15.8 Å². The van der Waals surface area contributed by atoms with Crippen molar-refractivity contribution in [3.8, 4) is 0 Å². The minimum Gasteiger partial charge on any atom is -0.357 e. The van der Waals surface area contributed by atoms with E-state index >= 15 is 0 Å². The highest BCUT2D eigenvalue weighted by atomic mass is 32.2. The van der Waals surface area contributed by atoms with Gasteiger partial charge in [0.2, 0.25) is 0 Å². The van der Waals surface area contributed by atoms with Crippen LogP contribution in [0.4, 0.5) is 0 Å². The smallest absolute Gasteiger partial charge is 0.191 e. The third-order valence-corrected chi connectivity index (χ3v) is 6.62. The summed E-state index contributed by atoms with van der Waals surface area (Å²) in [5, 5.41) is 6.32. The number of aliphatic imine (C=N–C) groups is 1. The molecular weight excluding hydrogens is 360 g/mol. The van der Waals surface area contributed by atoms with Crippen LogP contribution in [0, 0.1) is 5.92 Å². The molecule has 0 radical (unpaired) electrons. The molecule has 2 N–H and O–H groups in total. The van der Waals surface area contributed by atoms with Crippen molar-refractivity contribution in [1.29, 1.82) is 0 Å². The van der Waals surface area contributed by atoms with Crippen molar-refractivity contribution in [2.75, 3.05) is 45.0 Å². The first-order valence-corrected chi connectivity index (χ1v) is 11.7. The Hall–Kier alpha value is -1.60. The molecule has 2 rings (SSSR count). The van der Waals surface area contributed by atoms with Crippen LogP contribution in [-0.4, -0.2) is 64.3 Å². The normalized spacial score (nSPS) is 17.0. The first-order valence-electron chi connectivity index (χ1n) is 10.0. The average Bonchev–Trinajstić information content (AvgIpc) is 2.67. The molecule has 0 atom stereocenters. The number of nitrogens with zero attached hydrogens (tertiary/aromatic N) is 2. The highest BCUT2D eigenvalue weighted by Gasteiger charge is 2.15. The molecule has 1 heterocycles. The maximum absolute atomic E-state index is 12.3. The number of likely N-dealkylation sites (tertiary alicyclic amines) is 1. The summed E-state index contributed by atoms with van der Waals surface area (Å²) >= 11 is 0. The topological polar surface area (TPSA) is 73.8 Å². The summed E-state index contributed by atoms with van der Waals surface area (Å²) in [5.74, 6) is 1.59. The zero-order chi connectivity index (χ0) is 19.5. The van der Waals surface area contributed by atoms with Gasteiger partial charge >= 0.3 is 0 Å². The molecule has 0 bridgehead atoms. The molecule has 7 heteroatoms. The van der Waals surface area contributed by atoms with Gasteiger partial charge in [-0.05, 0) is 63.9 Å². The first-order chi connectivity index (χ1) is 13.0. The zero-order valence-electron chi connectivity index (χ0n) is 16.7. The maximum atomic E-state index is 12.3. The van der Waals surface area contributed by atoms with Crippen LogP contribution < -0.4 is 10.6 Å². The summed E-state index contributed by atoms with van der Waals surface area (Å²) in [5.41, 5.74) is 0. The number of piperidine rings is 1. The largest absolute Gasteiger partial charge is 0.357 e. The van der Waals surface area contributed by atoms with E-state index in [1.54, 1.807) is 24.3 Å². The molecule has 0 unspecified atom stereocenters. The van der Waals surface area contributed by atoms with Crippen molar-refractivity contribution in [1.82, 2.24) is 15.5 Å². The van der Waals surface area contributed by atoms with Gasteiger partial charge in [-0.1, -0.05) is 25.1 Å². The van der Waals surface area contributed by atoms with Crippen molar-refractivity contribution in [2.45, 2.75) is 38.0 Å². The van der Waals surface area contributed by atoms with Crippen molar-refractivity contribution in [2.24, 2.45) is 10.9 Å². The Morgan fingerprint density at radius 1 is 1.19 bits per heavy atom. The lowest BCUT2D eigenvalue weighted by molar-refractivity contribution is 0.192. The van der Waals surface area contributed by atoms with Gasteiger partial charge in [-0.3, -0.25) is 4.99 Å². The molecule has 0 spiro atoms. The standard InChI is InChI=1S/C20H34N4O2S/c1-3-21-20(22-12-7-14-24-15-10-18(2)11-16-24)23-13-17-27(25,26)19-8-5-4-6-9-19/h4-6,8-9,18H,3,7,10-17H2,1-2H3,(H2,21,22,23). The van der Waals surface area contributed by atoms with Gasteiger partial charge < -0.3 is 15.5 Å². The lowest BCUT2D eigenvalue weighted by atomic mass is 9.99. The molecule has 1 aromatic rings. The molecule has 152 valence electrons. The predicted octanol–water partition coefficient (Wildman–Crippen LogP) is 2.14. The minimum absolute atomic E-state index is 0.0490. The molecule has 27 heavy (non-hydrogen) atoms. The van der Waals surface area contributed by atoms with E-state index in [1.165, 1.54) is 25.9 Å². The Morgan fingerprint density at radius 3 is 2.56 bits per heavy atom. The third kappa shape index (κ3) is 7.89. The molecule has 0 saturated carbocycles. The fourth-order valence-corrected chi connectivity index (χ4v) is 4.34. The Balaban J connectivity index is 1.73. The first kappa shape index (κ1) is 21.7. The summed E-state index contributed by atoms with van der Waals surface area (Å²) in [6.07, 6.45) is 3.61. The van der Waals surface area contributed by atoms with Crippen LogP contribution in [0.1, 0.15) is 33.1 Å². The lowest BCUT2D eigenvalue weighted by Crippen LogP contribution is -2.40. The summed E-state index contributed by atoms with van der Waals surface area (Å²) in [7, 11) is -3.27. The van der Waals surface area contributed by atoms with E-state index in [9.17, 15) is 8.42 Å². The Bertz CT molecular complexity index is 668. The number of benzene rings is 1. The second-order valence-electron chi connectivity index (χ2n) is 7.20. The number of guanidine groups is 1. The lowest BCUT2D eigenvalue weighted by Gasteiger charge is -2.29. The molecule has 1 fully saturated rings. The van der Waals surface area contributed by atoms with Crippen molar-refractivity contribution in [3.63, 3.8) is 0 Å². The highest BCUT2D eigenvalue weighted by Crippen LogP contribution is 2.15. The Labute approximate surface area is 164 Å². The van der Waals surface area contributed by atoms with Crippen LogP contribution in [0.25, 0.3) is 0 Å². The van der Waals surface area contributed by atoms with E-state index in [2.05, 4.69) is 27.4 Å². The Kier molecular flexibility index (Phi) is 9.07. The molecule has 6 nitrogen and oxygen atoms in total. The van der Waals surface area contributed by atoms with Crippen LogP contribution in [0.15, 0.2) is 40.2 Å². The van der Waals surface area contributed by atoms with Crippen LogP contribution in [-0.2, 0) is 9.84 Å². The van der Waals surface area contributed by atoms with Gasteiger partial charge in [-0.2, -0.15) is 0 Å². The summed E-state index contributed by atoms with van der Waals surface area (Å²) in [6, 6.07) is 8.58. The third-order valence-electron chi connectivity index (χ3n) is 4.89. The number of sulfone groups is 1. The fourth-order valence-electron chi connectivity index (χ4n) is 3.16. The van der Waals surface area contributed by atoms with Gasteiger partial charge in [-0.25, -0.2) is 8.42 Å². The molecule has 0 aliphatic carbocycles. The molecule has 1 aromatic carbocycles. The van der Waals surface area contributed by atoms with Crippen LogP contribution in [0.2, 0.25) is 0 Å². The quantitative estimate of drug-likeness (QED) is 0.381. The molecular formula is C20H34N4O2S. The van der Waals surface area contributed by atoms with Crippen molar-refractivity contribution in [3.05, 3.63) is 30.3 Å². The molecule has 1 saturated heterocycles. The Morgan fingerprint density at radius 2 is 1.89 bits per heavy atom. The second-order valence-corrected chi connectivity index (χ2v) is 9.31. The molecule has 1 aliphatic rings. The SMILES string of the molecule is CCNC(=NCCCN1CCC(C)CC1)NCCS(=O)(=O)c1ccccc1. The van der Waals surface area contributed by atoms with Gasteiger partial charge in [0.1, 0.15) is 0 Å².